The summed E-state index contributed by atoms with van der Waals surface area (Å²) in [4.78, 5) is 0. The molecule has 2 aromatic rings. The van der Waals surface area contributed by atoms with Gasteiger partial charge in [0.2, 0.25) is 0 Å². The first-order valence-corrected chi connectivity index (χ1v) is 7.43. The zero-order chi connectivity index (χ0) is 12.1. The average Bonchev–Trinajstić information content (AvgIpc) is 2.33. The van der Waals surface area contributed by atoms with Gasteiger partial charge in [-0.15, -0.1) is 0 Å². The van der Waals surface area contributed by atoms with Crippen LogP contribution >= 0.6 is 0 Å². The number of allylic oxidation sites excluding steroid dienone is 1. The van der Waals surface area contributed by atoms with E-state index in [0.29, 0.717) is 15.0 Å². The number of hydrogen-bond donors (Lipinski definition) is 0. The zero-order valence-corrected chi connectivity index (χ0v) is 11.9. The summed E-state index contributed by atoms with van der Waals surface area (Å²) in [5, 5.41) is 0. The molecule has 0 aliphatic rings. The Bertz CT molecular complexity index is 495. The Kier molecular flexibility index (Phi) is 4.19. The van der Waals surface area contributed by atoms with Gasteiger partial charge in [-0.2, -0.15) is 0 Å². The summed E-state index contributed by atoms with van der Waals surface area (Å²) in [6.45, 7) is 4.33. The van der Waals surface area contributed by atoms with Gasteiger partial charge in [-0.1, -0.05) is 0 Å². The van der Waals surface area contributed by atoms with E-state index in [1.165, 1.54) is 20.1 Å². The van der Waals surface area contributed by atoms with Crippen LogP contribution in [0.4, 0.5) is 0 Å². The maximum absolute atomic E-state index is 2.28. The molecule has 0 unspecified atom stereocenters. The van der Waals surface area contributed by atoms with Crippen molar-refractivity contribution < 1.29 is 0 Å². The van der Waals surface area contributed by atoms with Crippen LogP contribution in [0.2, 0.25) is 0 Å². The average molecular weight is 287 g/mol. The van der Waals surface area contributed by atoms with Crippen LogP contribution in [0, 0.1) is 6.92 Å². The van der Waals surface area contributed by atoms with Gasteiger partial charge in [-0.05, 0) is 0 Å². The second-order valence-corrected chi connectivity index (χ2v) is 6.85. The Labute approximate surface area is 110 Å². The van der Waals surface area contributed by atoms with E-state index >= 15 is 0 Å². The first-order valence-electron chi connectivity index (χ1n) is 5.72. The van der Waals surface area contributed by atoms with E-state index < -0.39 is 0 Å². The Morgan fingerprint density at radius 3 is 2.24 bits per heavy atom. The van der Waals surface area contributed by atoms with Gasteiger partial charge in [-0.25, -0.2) is 0 Å². The third kappa shape index (κ3) is 3.89. The molecular formula is C16H16Se. The SMILES string of the molecule is C/C(=C\c1ccc(C)cc1)[Se]c1ccccc1. The number of benzene rings is 2. The monoisotopic (exact) mass is 288 g/mol. The fourth-order valence-corrected chi connectivity index (χ4v) is 3.41. The molecule has 86 valence electrons. The quantitative estimate of drug-likeness (QED) is 0.759. The van der Waals surface area contributed by atoms with Crippen molar-refractivity contribution in [2.75, 3.05) is 0 Å². The molecule has 0 fully saturated rings. The molecule has 17 heavy (non-hydrogen) atoms. The van der Waals surface area contributed by atoms with Gasteiger partial charge >= 0.3 is 110 Å². The van der Waals surface area contributed by atoms with Gasteiger partial charge in [0.15, 0.2) is 0 Å². The minimum atomic E-state index is 0.437. The Morgan fingerprint density at radius 2 is 1.59 bits per heavy atom. The molecule has 0 atom stereocenters. The molecule has 0 aliphatic carbocycles. The molecule has 0 aromatic heterocycles. The summed E-state index contributed by atoms with van der Waals surface area (Å²) >= 11 is 0.437. The fraction of sp³-hybridized carbons (Fsp3) is 0.125. The fourth-order valence-electron chi connectivity index (χ4n) is 1.60. The normalized spacial score (nSPS) is 11.5. The summed E-state index contributed by atoms with van der Waals surface area (Å²) in [5.41, 5.74) is 2.61. The van der Waals surface area contributed by atoms with E-state index in [1.54, 1.807) is 0 Å². The molecule has 0 nitrogen and oxygen atoms in total. The van der Waals surface area contributed by atoms with E-state index in [2.05, 4.69) is 74.5 Å². The molecule has 0 spiro atoms. The van der Waals surface area contributed by atoms with Crippen LogP contribution < -0.4 is 4.46 Å². The summed E-state index contributed by atoms with van der Waals surface area (Å²) in [6.07, 6.45) is 2.28. The molecule has 2 rings (SSSR count). The predicted octanol–water partition coefficient (Wildman–Crippen LogP) is 3.39. The molecule has 0 amide bonds. The van der Waals surface area contributed by atoms with Gasteiger partial charge in [0.05, 0.1) is 0 Å². The summed E-state index contributed by atoms with van der Waals surface area (Å²) in [7, 11) is 0. The van der Waals surface area contributed by atoms with E-state index in [-0.39, 0.29) is 0 Å². The van der Waals surface area contributed by atoms with Crippen LogP contribution in [0.15, 0.2) is 59.1 Å². The van der Waals surface area contributed by atoms with Crippen molar-refractivity contribution in [3.8, 4) is 0 Å². The molecular weight excluding hydrogens is 271 g/mol. The predicted molar refractivity (Wildman–Crippen MR) is 76.7 cm³/mol. The third-order valence-corrected chi connectivity index (χ3v) is 4.46. The second kappa shape index (κ2) is 5.86. The number of hydrogen-bond acceptors (Lipinski definition) is 0. The molecule has 0 bridgehead atoms. The molecule has 0 saturated heterocycles. The summed E-state index contributed by atoms with van der Waals surface area (Å²) in [6, 6.07) is 19.4. The van der Waals surface area contributed by atoms with Crippen LogP contribution in [0.25, 0.3) is 6.08 Å². The number of aryl methyl sites for hydroxylation is 1. The Balaban J connectivity index is 2.09. The van der Waals surface area contributed by atoms with E-state index in [4.69, 9.17) is 0 Å². The van der Waals surface area contributed by atoms with Crippen molar-refractivity contribution in [1.29, 1.82) is 0 Å². The minimum absolute atomic E-state index is 0.437. The molecule has 1 heteroatoms. The summed E-state index contributed by atoms with van der Waals surface area (Å²) < 4.78 is 2.88. The molecule has 2 aromatic carbocycles. The summed E-state index contributed by atoms with van der Waals surface area (Å²) in [5.74, 6) is 0. The van der Waals surface area contributed by atoms with Crippen molar-refractivity contribution in [2.45, 2.75) is 13.8 Å². The molecule has 0 heterocycles. The van der Waals surface area contributed by atoms with Crippen molar-refractivity contribution >= 4 is 25.5 Å². The van der Waals surface area contributed by atoms with Gasteiger partial charge < -0.3 is 0 Å². The van der Waals surface area contributed by atoms with Gasteiger partial charge in [0.1, 0.15) is 0 Å². The van der Waals surface area contributed by atoms with Gasteiger partial charge in [0, 0.05) is 0 Å². The van der Waals surface area contributed by atoms with E-state index in [1.807, 2.05) is 0 Å². The first-order chi connectivity index (χ1) is 8.24. The van der Waals surface area contributed by atoms with Gasteiger partial charge in [0.25, 0.3) is 0 Å². The standard InChI is InChI=1S/C16H16Se/c1-13-8-10-15(11-9-13)12-14(2)17-16-6-4-3-5-7-16/h3-12H,1-2H3/b14-12+. The molecule has 0 N–H and O–H groups in total. The molecule has 0 radical (unpaired) electrons. The molecule has 0 saturated carbocycles. The zero-order valence-electron chi connectivity index (χ0n) is 10.2. The van der Waals surface area contributed by atoms with Crippen molar-refractivity contribution in [3.63, 3.8) is 0 Å². The van der Waals surface area contributed by atoms with E-state index in [0.717, 1.165) is 0 Å². The Hall–Kier alpha value is -1.30. The van der Waals surface area contributed by atoms with Crippen LogP contribution in [-0.2, 0) is 0 Å². The van der Waals surface area contributed by atoms with E-state index in [9.17, 15) is 0 Å². The first kappa shape index (κ1) is 12.2. The van der Waals surface area contributed by atoms with Gasteiger partial charge in [-0.3, -0.25) is 0 Å². The van der Waals surface area contributed by atoms with Crippen molar-refractivity contribution in [3.05, 3.63) is 70.2 Å². The number of rotatable bonds is 3. The van der Waals surface area contributed by atoms with Crippen molar-refractivity contribution in [2.24, 2.45) is 0 Å². The van der Waals surface area contributed by atoms with Crippen molar-refractivity contribution in [1.82, 2.24) is 0 Å². The van der Waals surface area contributed by atoms with Crippen LogP contribution in [-0.4, -0.2) is 15.0 Å². The molecule has 0 aliphatic heterocycles. The topological polar surface area (TPSA) is 0 Å². The second-order valence-electron chi connectivity index (χ2n) is 4.08. The van der Waals surface area contributed by atoms with Crippen LogP contribution in [0.5, 0.6) is 0 Å². The van der Waals surface area contributed by atoms with Crippen LogP contribution in [0.1, 0.15) is 18.1 Å². The Morgan fingerprint density at radius 1 is 0.941 bits per heavy atom. The maximum atomic E-state index is 2.28. The van der Waals surface area contributed by atoms with Crippen LogP contribution in [0.3, 0.4) is 0 Å². The third-order valence-electron chi connectivity index (χ3n) is 2.47.